The van der Waals surface area contributed by atoms with Crippen molar-refractivity contribution in [1.82, 2.24) is 0 Å². The number of hydrogen-bond acceptors (Lipinski definition) is 2. The zero-order valence-corrected chi connectivity index (χ0v) is 8.77. The van der Waals surface area contributed by atoms with Gasteiger partial charge >= 0.3 is 5.97 Å². The molecule has 4 heteroatoms. The van der Waals surface area contributed by atoms with Gasteiger partial charge in [0, 0.05) is 6.42 Å². The minimum Gasteiger partial charge on any atom is -0.460 e. The van der Waals surface area contributed by atoms with Crippen LogP contribution in [0.25, 0.3) is 0 Å². The molecule has 0 radical (unpaired) electrons. The van der Waals surface area contributed by atoms with Crippen LogP contribution in [0.15, 0.2) is 0 Å². The molecule has 1 atom stereocenters. The van der Waals surface area contributed by atoms with Gasteiger partial charge in [-0.1, -0.05) is 0 Å². The Bertz CT molecular complexity index is 231. The van der Waals surface area contributed by atoms with Gasteiger partial charge in [-0.05, 0) is 33.6 Å². The van der Waals surface area contributed by atoms with Crippen LogP contribution in [-0.2, 0) is 9.53 Å². The number of carbonyl (C=O) groups excluding carboxylic acids is 1. The highest BCUT2D eigenvalue weighted by Crippen LogP contribution is 2.41. The van der Waals surface area contributed by atoms with Crippen LogP contribution in [0.4, 0.5) is 8.78 Å². The highest BCUT2D eigenvalue weighted by molar-refractivity contribution is 5.74. The highest BCUT2D eigenvalue weighted by Gasteiger charge is 2.49. The average Bonchev–Trinajstić information content (AvgIpc) is 2.25. The molecule has 0 aromatic heterocycles. The van der Waals surface area contributed by atoms with Crippen LogP contribution < -0.4 is 0 Å². The summed E-state index contributed by atoms with van der Waals surface area (Å²) in [5.41, 5.74) is -0.685. The van der Waals surface area contributed by atoms with Gasteiger partial charge in [-0.2, -0.15) is 0 Å². The lowest BCUT2D eigenvalue weighted by Gasteiger charge is -2.24. The van der Waals surface area contributed by atoms with E-state index in [0.717, 1.165) is 0 Å². The summed E-state index contributed by atoms with van der Waals surface area (Å²) in [7, 11) is 0. The summed E-state index contributed by atoms with van der Waals surface area (Å²) in [6, 6.07) is 0. The van der Waals surface area contributed by atoms with Crippen molar-refractivity contribution in [3.05, 3.63) is 0 Å². The van der Waals surface area contributed by atoms with Gasteiger partial charge in [0.25, 0.3) is 5.92 Å². The number of ether oxygens (including phenoxy) is 1. The molecular weight excluding hydrogens is 190 g/mol. The van der Waals surface area contributed by atoms with E-state index in [1.165, 1.54) is 0 Å². The Morgan fingerprint density at radius 1 is 1.43 bits per heavy atom. The second-order valence-electron chi connectivity index (χ2n) is 4.74. The smallest absolute Gasteiger partial charge is 0.315 e. The predicted molar refractivity (Wildman–Crippen MR) is 48.1 cm³/mol. The zero-order valence-electron chi connectivity index (χ0n) is 8.77. The molecule has 0 aromatic rings. The van der Waals surface area contributed by atoms with Gasteiger partial charge in [0.1, 0.15) is 11.5 Å². The average molecular weight is 206 g/mol. The molecule has 0 aromatic carbocycles. The van der Waals surface area contributed by atoms with E-state index in [-0.39, 0.29) is 12.8 Å². The number of hydrogen-bond donors (Lipinski definition) is 0. The molecule has 0 amide bonds. The Kier molecular flexibility index (Phi) is 2.83. The van der Waals surface area contributed by atoms with Crippen molar-refractivity contribution in [3.8, 4) is 0 Å². The van der Waals surface area contributed by atoms with Gasteiger partial charge in [0.05, 0.1) is 0 Å². The van der Waals surface area contributed by atoms with Gasteiger partial charge in [0.15, 0.2) is 0 Å². The van der Waals surface area contributed by atoms with E-state index in [4.69, 9.17) is 4.74 Å². The Labute approximate surface area is 82.6 Å². The number of halogens is 2. The number of alkyl halides is 2. The summed E-state index contributed by atoms with van der Waals surface area (Å²) < 4.78 is 31.2. The quantitative estimate of drug-likeness (QED) is 0.616. The number of rotatable bonds is 1. The number of esters is 1. The van der Waals surface area contributed by atoms with Crippen LogP contribution in [0.2, 0.25) is 0 Å². The molecule has 1 saturated carbocycles. The molecule has 0 bridgehead atoms. The fraction of sp³-hybridized carbons (Fsp3) is 0.900. The van der Waals surface area contributed by atoms with Crippen LogP contribution in [0, 0.1) is 5.92 Å². The maximum atomic E-state index is 13.1. The molecule has 0 saturated heterocycles. The van der Waals surface area contributed by atoms with Crippen LogP contribution >= 0.6 is 0 Å². The predicted octanol–water partition coefficient (Wildman–Crippen LogP) is 2.76. The molecule has 1 rings (SSSR count). The SMILES string of the molecule is CC(C)(C)OC(=O)C1CCCC1(F)F. The molecule has 1 aliphatic rings. The molecule has 1 aliphatic carbocycles. The molecule has 0 heterocycles. The minimum atomic E-state index is -2.87. The van der Waals surface area contributed by atoms with Crippen LogP contribution in [-0.4, -0.2) is 17.5 Å². The van der Waals surface area contributed by atoms with Crippen molar-refractivity contribution in [2.24, 2.45) is 5.92 Å². The van der Waals surface area contributed by atoms with Gasteiger partial charge in [-0.3, -0.25) is 4.79 Å². The van der Waals surface area contributed by atoms with Crippen molar-refractivity contribution in [3.63, 3.8) is 0 Å². The summed E-state index contributed by atoms with van der Waals surface area (Å²) in [4.78, 5) is 11.4. The number of carbonyl (C=O) groups is 1. The van der Waals surface area contributed by atoms with E-state index in [1.807, 2.05) is 0 Å². The molecule has 14 heavy (non-hydrogen) atoms. The first-order chi connectivity index (χ1) is 6.22. The first-order valence-electron chi connectivity index (χ1n) is 4.83. The fourth-order valence-electron chi connectivity index (χ4n) is 1.59. The van der Waals surface area contributed by atoms with Crippen molar-refractivity contribution in [1.29, 1.82) is 0 Å². The van der Waals surface area contributed by atoms with Crippen LogP contribution in [0.3, 0.4) is 0 Å². The third-order valence-corrected chi connectivity index (χ3v) is 2.20. The first-order valence-corrected chi connectivity index (χ1v) is 4.83. The van der Waals surface area contributed by atoms with Crippen molar-refractivity contribution >= 4 is 5.97 Å². The van der Waals surface area contributed by atoms with Gasteiger partial charge in [0.2, 0.25) is 0 Å². The Morgan fingerprint density at radius 3 is 2.36 bits per heavy atom. The van der Waals surface area contributed by atoms with E-state index in [1.54, 1.807) is 20.8 Å². The third kappa shape index (κ3) is 2.66. The van der Waals surface area contributed by atoms with Gasteiger partial charge in [-0.25, -0.2) is 8.78 Å². The zero-order chi connectivity index (χ0) is 11.0. The lowest BCUT2D eigenvalue weighted by molar-refractivity contribution is -0.171. The second-order valence-corrected chi connectivity index (χ2v) is 4.74. The first kappa shape index (κ1) is 11.4. The van der Waals surface area contributed by atoms with E-state index in [0.29, 0.717) is 6.42 Å². The summed E-state index contributed by atoms with van der Waals surface area (Å²) in [6.07, 6.45) is 0.440. The lowest BCUT2D eigenvalue weighted by Crippen LogP contribution is -2.35. The Balaban J connectivity index is 2.62. The molecule has 2 nitrogen and oxygen atoms in total. The second kappa shape index (κ2) is 3.48. The third-order valence-electron chi connectivity index (χ3n) is 2.20. The highest BCUT2D eigenvalue weighted by atomic mass is 19.3. The fourth-order valence-corrected chi connectivity index (χ4v) is 1.59. The van der Waals surface area contributed by atoms with E-state index in [2.05, 4.69) is 0 Å². The maximum absolute atomic E-state index is 13.1. The molecule has 1 unspecified atom stereocenters. The minimum absolute atomic E-state index is 0.198. The monoisotopic (exact) mass is 206 g/mol. The van der Waals surface area contributed by atoms with E-state index >= 15 is 0 Å². The van der Waals surface area contributed by atoms with Crippen molar-refractivity contribution in [2.75, 3.05) is 0 Å². The summed E-state index contributed by atoms with van der Waals surface area (Å²) in [5, 5.41) is 0. The van der Waals surface area contributed by atoms with Crippen molar-refractivity contribution < 1.29 is 18.3 Å². The molecule has 0 spiro atoms. The summed E-state index contributed by atoms with van der Waals surface area (Å²) in [5.74, 6) is -4.87. The lowest BCUT2D eigenvalue weighted by atomic mass is 10.1. The van der Waals surface area contributed by atoms with E-state index in [9.17, 15) is 13.6 Å². The Hall–Kier alpha value is -0.670. The normalized spacial score (nSPS) is 26.2. The molecule has 0 N–H and O–H groups in total. The van der Waals surface area contributed by atoms with Gasteiger partial charge in [-0.15, -0.1) is 0 Å². The molecular formula is C10H16F2O2. The molecule has 82 valence electrons. The Morgan fingerprint density at radius 2 is 2.00 bits per heavy atom. The summed E-state index contributed by atoms with van der Waals surface area (Å²) >= 11 is 0. The molecule has 1 fully saturated rings. The van der Waals surface area contributed by atoms with Gasteiger partial charge < -0.3 is 4.74 Å². The van der Waals surface area contributed by atoms with Crippen molar-refractivity contribution in [2.45, 2.75) is 51.6 Å². The van der Waals surface area contributed by atoms with Crippen LogP contribution in [0.1, 0.15) is 40.0 Å². The molecule has 0 aliphatic heterocycles. The topological polar surface area (TPSA) is 26.3 Å². The largest absolute Gasteiger partial charge is 0.460 e. The maximum Gasteiger partial charge on any atom is 0.315 e. The standard InChI is InChI=1S/C10H16F2O2/c1-9(2,3)14-8(13)7-5-4-6-10(7,11)12/h7H,4-6H2,1-3H3. The van der Waals surface area contributed by atoms with E-state index < -0.39 is 23.4 Å². The summed E-state index contributed by atoms with van der Waals surface area (Å²) in [6.45, 7) is 5.04. The van der Waals surface area contributed by atoms with Crippen LogP contribution in [0.5, 0.6) is 0 Å².